The monoisotopic (exact) mass is 289 g/mol. The van der Waals surface area contributed by atoms with Crippen LogP contribution in [-0.2, 0) is 10.1 Å². The lowest BCUT2D eigenvalue weighted by atomic mass is 10.1. The molecule has 0 saturated carbocycles. The first kappa shape index (κ1) is 14.1. The molecule has 0 saturated heterocycles. The van der Waals surface area contributed by atoms with Crippen molar-refractivity contribution in [3.63, 3.8) is 0 Å². The van der Waals surface area contributed by atoms with Crippen molar-refractivity contribution in [1.82, 2.24) is 0 Å². The highest BCUT2D eigenvalue weighted by Crippen LogP contribution is 2.21. The molecule has 2 aromatic rings. The van der Waals surface area contributed by atoms with Gasteiger partial charge < -0.3 is 9.29 Å². The van der Waals surface area contributed by atoms with Crippen molar-refractivity contribution in [3.05, 3.63) is 60.2 Å². The molecule has 6 heteroatoms. The number of nitriles is 1. The molecule has 2 rings (SSSR count). The van der Waals surface area contributed by atoms with Gasteiger partial charge in [0.1, 0.15) is 10.6 Å². The number of benzene rings is 2. The maximum atomic E-state index is 12.0. The molecule has 102 valence electrons. The SMILES string of the molecule is N#CC(O)c1ccc(OS(=O)(=O)c2ccccc2)cc1. The Balaban J connectivity index is 2.21. The van der Waals surface area contributed by atoms with Crippen LogP contribution in [0.4, 0.5) is 0 Å². The first-order chi connectivity index (χ1) is 9.53. The van der Waals surface area contributed by atoms with Crippen LogP contribution >= 0.6 is 0 Å². The lowest BCUT2D eigenvalue weighted by molar-refractivity contribution is 0.236. The molecule has 1 unspecified atom stereocenters. The van der Waals surface area contributed by atoms with Gasteiger partial charge in [0.25, 0.3) is 0 Å². The van der Waals surface area contributed by atoms with Gasteiger partial charge in [0, 0.05) is 0 Å². The van der Waals surface area contributed by atoms with E-state index in [-0.39, 0.29) is 10.6 Å². The summed E-state index contributed by atoms with van der Waals surface area (Å²) in [4.78, 5) is 0.0566. The Labute approximate surface area is 116 Å². The van der Waals surface area contributed by atoms with Crippen molar-refractivity contribution in [2.75, 3.05) is 0 Å². The molecule has 2 aromatic carbocycles. The second-order valence-corrected chi connectivity index (χ2v) is 5.50. The predicted octanol–water partition coefficient (Wildman–Crippen LogP) is 2.01. The molecule has 0 bridgehead atoms. The number of hydrogen-bond donors (Lipinski definition) is 1. The molecule has 0 fully saturated rings. The summed E-state index contributed by atoms with van der Waals surface area (Å²) in [6, 6.07) is 15.1. The lowest BCUT2D eigenvalue weighted by Crippen LogP contribution is -2.09. The van der Waals surface area contributed by atoms with Crippen LogP contribution in [0.5, 0.6) is 5.75 Å². The first-order valence-electron chi connectivity index (χ1n) is 5.70. The van der Waals surface area contributed by atoms with Gasteiger partial charge in [-0.2, -0.15) is 13.7 Å². The van der Waals surface area contributed by atoms with E-state index >= 15 is 0 Å². The lowest BCUT2D eigenvalue weighted by Gasteiger charge is -2.08. The van der Waals surface area contributed by atoms with Gasteiger partial charge in [0.15, 0.2) is 6.10 Å². The van der Waals surface area contributed by atoms with E-state index in [1.165, 1.54) is 36.4 Å². The minimum Gasteiger partial charge on any atom is -0.379 e. The summed E-state index contributed by atoms with van der Waals surface area (Å²) < 4.78 is 28.9. The maximum absolute atomic E-state index is 12.0. The molecular weight excluding hydrogens is 278 g/mol. The summed E-state index contributed by atoms with van der Waals surface area (Å²) in [6.07, 6.45) is -1.24. The Kier molecular flexibility index (Phi) is 4.03. The van der Waals surface area contributed by atoms with Crippen molar-refractivity contribution in [3.8, 4) is 11.8 Å². The molecule has 1 atom stereocenters. The molecule has 1 N–H and O–H groups in total. The van der Waals surface area contributed by atoms with Crippen LogP contribution in [0, 0.1) is 11.3 Å². The normalized spacial score (nSPS) is 12.4. The van der Waals surface area contributed by atoms with Gasteiger partial charge >= 0.3 is 10.1 Å². The van der Waals surface area contributed by atoms with Crippen molar-refractivity contribution in [2.24, 2.45) is 0 Å². The number of nitrogens with zero attached hydrogens (tertiary/aromatic N) is 1. The summed E-state index contributed by atoms with van der Waals surface area (Å²) in [5.41, 5.74) is 0.372. The van der Waals surface area contributed by atoms with E-state index in [9.17, 15) is 13.5 Å². The summed E-state index contributed by atoms with van der Waals surface area (Å²) in [5, 5.41) is 17.9. The summed E-state index contributed by atoms with van der Waals surface area (Å²) in [6.45, 7) is 0. The summed E-state index contributed by atoms with van der Waals surface area (Å²) in [5.74, 6) is 0.114. The van der Waals surface area contributed by atoms with E-state index < -0.39 is 16.2 Å². The average Bonchev–Trinajstić information content (AvgIpc) is 2.48. The van der Waals surface area contributed by atoms with Crippen LogP contribution in [0.2, 0.25) is 0 Å². The quantitative estimate of drug-likeness (QED) is 0.687. The molecule has 0 aromatic heterocycles. The van der Waals surface area contributed by atoms with Gasteiger partial charge in [-0.3, -0.25) is 0 Å². The Bertz CT molecular complexity index is 718. The maximum Gasteiger partial charge on any atom is 0.339 e. The molecule has 0 spiro atoms. The third-order valence-electron chi connectivity index (χ3n) is 2.56. The number of aliphatic hydroxyl groups excluding tert-OH is 1. The Morgan fingerprint density at radius 1 is 1.05 bits per heavy atom. The standard InChI is InChI=1S/C14H11NO4S/c15-10-14(16)11-6-8-12(9-7-11)19-20(17,18)13-4-2-1-3-5-13/h1-9,14,16H. The predicted molar refractivity (Wildman–Crippen MR) is 71.3 cm³/mol. The van der Waals surface area contributed by atoms with Crippen LogP contribution in [-0.4, -0.2) is 13.5 Å². The topological polar surface area (TPSA) is 87.4 Å². The molecule has 0 aliphatic heterocycles. The van der Waals surface area contributed by atoms with Gasteiger partial charge in [-0.25, -0.2) is 0 Å². The first-order valence-corrected chi connectivity index (χ1v) is 7.11. The van der Waals surface area contributed by atoms with Gasteiger partial charge in [-0.05, 0) is 29.8 Å². The van der Waals surface area contributed by atoms with E-state index in [1.54, 1.807) is 24.3 Å². The molecular formula is C14H11NO4S. The highest BCUT2D eigenvalue weighted by atomic mass is 32.2. The second-order valence-electron chi connectivity index (χ2n) is 3.95. The fourth-order valence-corrected chi connectivity index (χ4v) is 2.49. The van der Waals surface area contributed by atoms with Crippen LogP contribution in [0.1, 0.15) is 11.7 Å². The zero-order valence-electron chi connectivity index (χ0n) is 10.3. The fraction of sp³-hybridized carbons (Fsp3) is 0.0714. The largest absolute Gasteiger partial charge is 0.379 e. The minimum absolute atomic E-state index is 0.0566. The van der Waals surface area contributed by atoms with Crippen molar-refractivity contribution in [1.29, 1.82) is 5.26 Å². The fourth-order valence-electron chi connectivity index (χ4n) is 1.54. The molecule has 0 aliphatic rings. The zero-order valence-corrected chi connectivity index (χ0v) is 11.1. The number of rotatable bonds is 4. The van der Waals surface area contributed by atoms with E-state index in [1.807, 2.05) is 0 Å². The van der Waals surface area contributed by atoms with Crippen molar-refractivity contribution < 1.29 is 17.7 Å². The highest BCUT2D eigenvalue weighted by molar-refractivity contribution is 7.87. The molecule has 0 amide bonds. The van der Waals surface area contributed by atoms with E-state index in [0.29, 0.717) is 5.56 Å². The highest BCUT2D eigenvalue weighted by Gasteiger charge is 2.16. The minimum atomic E-state index is -3.88. The van der Waals surface area contributed by atoms with Crippen molar-refractivity contribution in [2.45, 2.75) is 11.0 Å². The zero-order chi connectivity index (χ0) is 14.6. The third-order valence-corrected chi connectivity index (χ3v) is 3.82. The Morgan fingerprint density at radius 3 is 2.20 bits per heavy atom. The van der Waals surface area contributed by atoms with Gasteiger partial charge in [0.2, 0.25) is 0 Å². The second kappa shape index (κ2) is 5.74. The third kappa shape index (κ3) is 3.15. The molecule has 0 aliphatic carbocycles. The summed E-state index contributed by atoms with van der Waals surface area (Å²) >= 11 is 0. The molecule has 5 nitrogen and oxygen atoms in total. The van der Waals surface area contributed by atoms with E-state index in [2.05, 4.69) is 0 Å². The van der Waals surface area contributed by atoms with Crippen LogP contribution in [0.3, 0.4) is 0 Å². The van der Waals surface area contributed by atoms with E-state index in [4.69, 9.17) is 9.44 Å². The smallest absolute Gasteiger partial charge is 0.339 e. The Morgan fingerprint density at radius 2 is 1.65 bits per heavy atom. The number of hydrogen-bond acceptors (Lipinski definition) is 5. The van der Waals surface area contributed by atoms with Crippen LogP contribution in [0.25, 0.3) is 0 Å². The van der Waals surface area contributed by atoms with Gasteiger partial charge in [0.05, 0.1) is 6.07 Å². The van der Waals surface area contributed by atoms with E-state index in [0.717, 1.165) is 0 Å². The Hall–Kier alpha value is -2.36. The van der Waals surface area contributed by atoms with Crippen molar-refractivity contribution >= 4 is 10.1 Å². The van der Waals surface area contributed by atoms with Crippen LogP contribution < -0.4 is 4.18 Å². The van der Waals surface area contributed by atoms with Gasteiger partial charge in [-0.1, -0.05) is 30.3 Å². The number of aliphatic hydroxyl groups is 1. The van der Waals surface area contributed by atoms with Crippen LogP contribution in [0.15, 0.2) is 59.5 Å². The molecule has 0 heterocycles. The molecule has 20 heavy (non-hydrogen) atoms. The average molecular weight is 289 g/mol. The summed E-state index contributed by atoms with van der Waals surface area (Å²) in [7, 11) is -3.88. The van der Waals surface area contributed by atoms with Gasteiger partial charge in [-0.15, -0.1) is 0 Å². The molecule has 0 radical (unpaired) electrons.